The molecule has 0 saturated heterocycles. The Kier molecular flexibility index (Phi) is 4.60. The normalized spacial score (nSPS) is 10.1. The van der Waals surface area contributed by atoms with Crippen LogP contribution in [-0.4, -0.2) is 18.7 Å². The van der Waals surface area contributed by atoms with Gasteiger partial charge in [-0.2, -0.15) is 0 Å². The Hall–Kier alpha value is -2.49. The molecule has 0 radical (unpaired) electrons. The van der Waals surface area contributed by atoms with Crippen molar-refractivity contribution in [2.24, 2.45) is 0 Å². The Bertz CT molecular complexity index is 608. The zero-order valence-corrected chi connectivity index (χ0v) is 10.8. The first kappa shape index (κ1) is 13.9. The molecule has 2 aromatic carbocycles. The standard InChI is InChI=1S/C16H14FNO2/c17-15-6-4-12(5-7-15)8-9-18-16(20)14-3-1-2-13(10-14)11-19/h1-7,10-11H,8-9H2,(H,18,20). The van der Waals surface area contributed by atoms with Gasteiger partial charge in [0.2, 0.25) is 0 Å². The Morgan fingerprint density at radius 3 is 2.60 bits per heavy atom. The van der Waals surface area contributed by atoms with Gasteiger partial charge in [-0.3, -0.25) is 9.59 Å². The topological polar surface area (TPSA) is 46.2 Å². The lowest BCUT2D eigenvalue weighted by Crippen LogP contribution is -2.25. The minimum atomic E-state index is -0.275. The second kappa shape index (κ2) is 6.61. The maximum atomic E-state index is 12.7. The predicted octanol–water partition coefficient (Wildman–Crippen LogP) is 2.61. The van der Waals surface area contributed by atoms with Gasteiger partial charge in [0, 0.05) is 17.7 Å². The molecule has 102 valence electrons. The summed E-state index contributed by atoms with van der Waals surface area (Å²) < 4.78 is 12.7. The highest BCUT2D eigenvalue weighted by Gasteiger charge is 2.05. The van der Waals surface area contributed by atoms with Gasteiger partial charge in [-0.25, -0.2) is 4.39 Å². The monoisotopic (exact) mass is 271 g/mol. The summed E-state index contributed by atoms with van der Waals surface area (Å²) in [4.78, 5) is 22.5. The summed E-state index contributed by atoms with van der Waals surface area (Å²) in [5, 5.41) is 2.76. The first-order valence-electron chi connectivity index (χ1n) is 6.27. The summed E-state index contributed by atoms with van der Waals surface area (Å²) in [6.07, 6.45) is 1.33. The van der Waals surface area contributed by atoms with E-state index >= 15 is 0 Å². The average molecular weight is 271 g/mol. The molecule has 0 heterocycles. The Balaban J connectivity index is 1.88. The second-order valence-corrected chi connectivity index (χ2v) is 4.38. The zero-order chi connectivity index (χ0) is 14.4. The maximum Gasteiger partial charge on any atom is 0.251 e. The molecule has 3 nitrogen and oxygen atoms in total. The summed E-state index contributed by atoms with van der Waals surface area (Å²) in [7, 11) is 0. The van der Waals surface area contributed by atoms with Crippen LogP contribution in [0.3, 0.4) is 0 Å². The van der Waals surface area contributed by atoms with Crippen LogP contribution in [0, 0.1) is 5.82 Å². The molecule has 20 heavy (non-hydrogen) atoms. The lowest BCUT2D eigenvalue weighted by atomic mass is 10.1. The van der Waals surface area contributed by atoms with E-state index in [1.165, 1.54) is 12.1 Å². The maximum absolute atomic E-state index is 12.7. The molecule has 0 atom stereocenters. The summed E-state index contributed by atoms with van der Waals surface area (Å²) in [5.74, 6) is -0.501. The highest BCUT2D eigenvalue weighted by atomic mass is 19.1. The fourth-order valence-electron chi connectivity index (χ4n) is 1.83. The van der Waals surface area contributed by atoms with Crippen molar-refractivity contribution in [1.82, 2.24) is 5.32 Å². The van der Waals surface area contributed by atoms with E-state index in [9.17, 15) is 14.0 Å². The third kappa shape index (κ3) is 3.75. The van der Waals surface area contributed by atoms with Gasteiger partial charge < -0.3 is 5.32 Å². The number of hydrogen-bond acceptors (Lipinski definition) is 2. The average Bonchev–Trinajstić information content (AvgIpc) is 2.49. The number of nitrogens with one attached hydrogen (secondary N) is 1. The van der Waals surface area contributed by atoms with Crippen molar-refractivity contribution in [2.75, 3.05) is 6.54 Å². The first-order valence-corrected chi connectivity index (χ1v) is 6.27. The number of halogens is 1. The number of carbonyl (C=O) groups is 2. The van der Waals surface area contributed by atoms with Gasteiger partial charge in [0.15, 0.2) is 0 Å². The lowest BCUT2D eigenvalue weighted by Gasteiger charge is -2.06. The number of amides is 1. The van der Waals surface area contributed by atoms with E-state index in [-0.39, 0.29) is 11.7 Å². The quantitative estimate of drug-likeness (QED) is 0.850. The molecule has 0 saturated carbocycles. The van der Waals surface area contributed by atoms with Crippen molar-refractivity contribution in [2.45, 2.75) is 6.42 Å². The first-order chi connectivity index (χ1) is 9.69. The van der Waals surface area contributed by atoms with Crippen molar-refractivity contribution in [3.8, 4) is 0 Å². The number of carbonyl (C=O) groups excluding carboxylic acids is 2. The van der Waals surface area contributed by atoms with Crippen LogP contribution in [0.25, 0.3) is 0 Å². The summed E-state index contributed by atoms with van der Waals surface area (Å²) in [6, 6.07) is 12.7. The van der Waals surface area contributed by atoms with Crippen LogP contribution in [-0.2, 0) is 6.42 Å². The SMILES string of the molecule is O=Cc1cccc(C(=O)NCCc2ccc(F)cc2)c1. The van der Waals surface area contributed by atoms with E-state index in [1.807, 2.05) is 0 Å². The Morgan fingerprint density at radius 1 is 1.15 bits per heavy atom. The molecule has 1 N–H and O–H groups in total. The molecule has 4 heteroatoms. The highest BCUT2D eigenvalue weighted by molar-refractivity contribution is 5.95. The van der Waals surface area contributed by atoms with Crippen molar-refractivity contribution in [1.29, 1.82) is 0 Å². The van der Waals surface area contributed by atoms with E-state index in [1.54, 1.807) is 36.4 Å². The second-order valence-electron chi connectivity index (χ2n) is 4.38. The minimum absolute atomic E-state index is 0.226. The zero-order valence-electron chi connectivity index (χ0n) is 10.8. The molecule has 0 bridgehead atoms. The molecular formula is C16H14FNO2. The Labute approximate surface area is 116 Å². The van der Waals surface area contributed by atoms with E-state index < -0.39 is 0 Å². The summed E-state index contributed by atoms with van der Waals surface area (Å²) in [5.41, 5.74) is 1.87. The third-order valence-electron chi connectivity index (χ3n) is 2.90. The largest absolute Gasteiger partial charge is 0.352 e. The van der Waals surface area contributed by atoms with Crippen LogP contribution in [0.1, 0.15) is 26.3 Å². The number of aldehydes is 1. The molecule has 2 aromatic rings. The van der Waals surface area contributed by atoms with Crippen LogP contribution < -0.4 is 5.32 Å². The van der Waals surface area contributed by atoms with E-state index in [0.717, 1.165) is 5.56 Å². The molecule has 1 amide bonds. The molecule has 0 unspecified atom stereocenters. The van der Waals surface area contributed by atoms with Gasteiger partial charge >= 0.3 is 0 Å². The Morgan fingerprint density at radius 2 is 1.90 bits per heavy atom. The van der Waals surface area contributed by atoms with Crippen molar-refractivity contribution in [3.63, 3.8) is 0 Å². The molecule has 2 rings (SSSR count). The molecule has 0 aliphatic rings. The van der Waals surface area contributed by atoms with Gasteiger partial charge in [-0.1, -0.05) is 24.3 Å². The molecular weight excluding hydrogens is 257 g/mol. The predicted molar refractivity (Wildman–Crippen MR) is 74.3 cm³/mol. The fourth-order valence-corrected chi connectivity index (χ4v) is 1.83. The van der Waals surface area contributed by atoms with Crippen LogP contribution in [0.15, 0.2) is 48.5 Å². The molecule has 0 aliphatic heterocycles. The third-order valence-corrected chi connectivity index (χ3v) is 2.90. The van der Waals surface area contributed by atoms with Gasteiger partial charge in [0.1, 0.15) is 12.1 Å². The molecule has 0 fully saturated rings. The van der Waals surface area contributed by atoms with Crippen molar-refractivity contribution in [3.05, 3.63) is 71.0 Å². The summed E-state index contributed by atoms with van der Waals surface area (Å²) in [6.45, 7) is 0.454. The van der Waals surface area contributed by atoms with Gasteiger partial charge in [-0.15, -0.1) is 0 Å². The summed E-state index contributed by atoms with van der Waals surface area (Å²) >= 11 is 0. The van der Waals surface area contributed by atoms with E-state index in [2.05, 4.69) is 5.32 Å². The van der Waals surface area contributed by atoms with Crippen LogP contribution in [0.2, 0.25) is 0 Å². The van der Waals surface area contributed by atoms with Crippen LogP contribution in [0.4, 0.5) is 4.39 Å². The lowest BCUT2D eigenvalue weighted by molar-refractivity contribution is 0.0954. The fraction of sp³-hybridized carbons (Fsp3) is 0.125. The number of benzene rings is 2. The highest BCUT2D eigenvalue weighted by Crippen LogP contribution is 2.05. The smallest absolute Gasteiger partial charge is 0.251 e. The molecule has 0 aliphatic carbocycles. The van der Waals surface area contributed by atoms with Gasteiger partial charge in [0.05, 0.1) is 0 Å². The van der Waals surface area contributed by atoms with Crippen LogP contribution >= 0.6 is 0 Å². The van der Waals surface area contributed by atoms with E-state index in [0.29, 0.717) is 30.4 Å². The minimum Gasteiger partial charge on any atom is -0.352 e. The number of rotatable bonds is 5. The van der Waals surface area contributed by atoms with E-state index in [4.69, 9.17) is 0 Å². The van der Waals surface area contributed by atoms with Gasteiger partial charge in [-0.05, 0) is 36.2 Å². The van der Waals surface area contributed by atoms with Crippen molar-refractivity contribution < 1.29 is 14.0 Å². The molecule has 0 aromatic heterocycles. The molecule has 0 spiro atoms. The van der Waals surface area contributed by atoms with Crippen LogP contribution in [0.5, 0.6) is 0 Å². The van der Waals surface area contributed by atoms with Gasteiger partial charge in [0.25, 0.3) is 5.91 Å². The number of hydrogen-bond donors (Lipinski definition) is 1. The van der Waals surface area contributed by atoms with Crippen molar-refractivity contribution >= 4 is 12.2 Å².